The van der Waals surface area contributed by atoms with E-state index in [4.69, 9.17) is 4.74 Å². The van der Waals surface area contributed by atoms with Crippen LogP contribution >= 0.6 is 43.6 Å². The molecule has 1 saturated heterocycles. The Labute approximate surface area is 193 Å². The zero-order chi connectivity index (χ0) is 21.8. The summed E-state index contributed by atoms with van der Waals surface area (Å²) in [6, 6.07) is 10.0. The minimum absolute atomic E-state index is 0.0335. The van der Waals surface area contributed by atoms with E-state index in [1.54, 1.807) is 36.4 Å². The van der Waals surface area contributed by atoms with Crippen molar-refractivity contribution in [2.24, 2.45) is 0 Å². The first-order chi connectivity index (χ1) is 14.3. The fraction of sp³-hybridized carbons (Fsp3) is 0.150. The van der Waals surface area contributed by atoms with Gasteiger partial charge in [-0.05, 0) is 98.6 Å². The predicted molar refractivity (Wildman–Crippen MR) is 122 cm³/mol. The van der Waals surface area contributed by atoms with Crippen molar-refractivity contribution in [2.75, 3.05) is 18.5 Å². The van der Waals surface area contributed by atoms with E-state index in [1.807, 2.05) is 6.92 Å². The first-order valence-electron chi connectivity index (χ1n) is 8.74. The molecule has 0 spiro atoms. The molecule has 2 aromatic rings. The number of hydrogen-bond donors (Lipinski definition) is 2. The van der Waals surface area contributed by atoms with Gasteiger partial charge in [-0.1, -0.05) is 0 Å². The number of carbonyl (C=O) groups is 3. The summed E-state index contributed by atoms with van der Waals surface area (Å²) in [4.78, 5) is 38.2. The summed E-state index contributed by atoms with van der Waals surface area (Å²) in [5, 5.41) is 11.9. The molecule has 7 nitrogen and oxygen atoms in total. The monoisotopic (exact) mass is 554 g/mol. The number of nitrogens with one attached hydrogen (secondary N) is 1. The van der Waals surface area contributed by atoms with Crippen molar-refractivity contribution in [1.29, 1.82) is 0 Å². The van der Waals surface area contributed by atoms with E-state index in [0.29, 0.717) is 32.6 Å². The van der Waals surface area contributed by atoms with E-state index in [0.717, 1.165) is 16.7 Å². The predicted octanol–water partition coefficient (Wildman–Crippen LogP) is 4.99. The molecule has 2 aromatic carbocycles. The van der Waals surface area contributed by atoms with Gasteiger partial charge in [0.15, 0.2) is 0 Å². The van der Waals surface area contributed by atoms with E-state index in [2.05, 4.69) is 37.2 Å². The molecule has 3 rings (SSSR count). The molecule has 0 saturated carbocycles. The lowest BCUT2D eigenvalue weighted by Gasteiger charge is -2.12. The molecule has 0 bridgehead atoms. The van der Waals surface area contributed by atoms with E-state index in [1.165, 1.54) is 6.08 Å². The quantitative estimate of drug-likeness (QED) is 0.487. The van der Waals surface area contributed by atoms with Gasteiger partial charge in [0.1, 0.15) is 18.0 Å². The summed E-state index contributed by atoms with van der Waals surface area (Å²) >= 11 is 7.20. The van der Waals surface area contributed by atoms with E-state index in [9.17, 15) is 19.5 Å². The number of nitrogens with zero attached hydrogens (tertiary/aromatic N) is 1. The van der Waals surface area contributed by atoms with E-state index < -0.39 is 23.6 Å². The summed E-state index contributed by atoms with van der Waals surface area (Å²) < 4.78 is 6.23. The molecule has 10 heteroatoms. The van der Waals surface area contributed by atoms with Crippen LogP contribution in [0.15, 0.2) is 50.2 Å². The van der Waals surface area contributed by atoms with Gasteiger partial charge in [-0.15, -0.1) is 0 Å². The molecule has 1 heterocycles. The second kappa shape index (κ2) is 9.67. The molecule has 0 unspecified atom stereocenters. The third-order valence-corrected chi connectivity index (χ3v) is 6.08. The van der Waals surface area contributed by atoms with Crippen molar-refractivity contribution >= 4 is 72.4 Å². The van der Waals surface area contributed by atoms with Crippen LogP contribution in [0, 0.1) is 0 Å². The molecule has 2 N–H and O–H groups in total. The van der Waals surface area contributed by atoms with Gasteiger partial charge in [0.2, 0.25) is 5.91 Å². The molecular weight excluding hydrogens is 540 g/mol. The van der Waals surface area contributed by atoms with Crippen LogP contribution in [0.2, 0.25) is 0 Å². The van der Waals surface area contributed by atoms with Crippen LogP contribution in [0.25, 0.3) is 6.08 Å². The van der Waals surface area contributed by atoms with Crippen LogP contribution in [0.4, 0.5) is 10.5 Å². The van der Waals surface area contributed by atoms with Crippen LogP contribution in [-0.2, 0) is 9.59 Å². The Kier molecular flexibility index (Phi) is 7.22. The second-order valence-electron chi connectivity index (χ2n) is 6.11. The Morgan fingerprint density at radius 2 is 1.83 bits per heavy atom. The fourth-order valence-electron chi connectivity index (χ4n) is 2.60. The number of anilines is 1. The Bertz CT molecular complexity index is 1020. The third-order valence-electron chi connectivity index (χ3n) is 3.96. The highest BCUT2D eigenvalue weighted by molar-refractivity contribution is 9.11. The standard InChI is InChI=1S/C20H16Br2N2O5S/c1-2-29-13-5-3-12(4-6-13)23-17(25)10-24-19(27)16(30-20(24)28)9-11-7-14(21)18(26)15(22)8-11/h3-9,26H,2,10H2,1H3,(H,23,25)/b16-9+. The number of ether oxygens (including phenoxy) is 1. The van der Waals surface area contributed by atoms with Gasteiger partial charge in [0, 0.05) is 5.69 Å². The number of phenols is 1. The maximum atomic E-state index is 12.6. The number of hydrogen-bond acceptors (Lipinski definition) is 6. The van der Waals surface area contributed by atoms with Crippen LogP contribution in [0.3, 0.4) is 0 Å². The van der Waals surface area contributed by atoms with Crippen LogP contribution in [-0.4, -0.2) is 40.2 Å². The molecule has 0 aliphatic carbocycles. The van der Waals surface area contributed by atoms with Crippen molar-refractivity contribution < 1.29 is 24.2 Å². The Balaban J connectivity index is 1.68. The highest BCUT2D eigenvalue weighted by Gasteiger charge is 2.36. The SMILES string of the molecule is CCOc1ccc(NC(=O)CN2C(=O)S/C(=C/c3cc(Br)c(O)c(Br)c3)C2=O)cc1. The number of benzene rings is 2. The average Bonchev–Trinajstić information content (AvgIpc) is 2.95. The number of rotatable bonds is 6. The number of phenolic OH excluding ortho intramolecular Hbond substituents is 1. The van der Waals surface area contributed by atoms with Crippen molar-refractivity contribution in [3.8, 4) is 11.5 Å². The Hall–Kier alpha value is -2.30. The van der Waals surface area contributed by atoms with Crippen LogP contribution < -0.4 is 10.1 Å². The third kappa shape index (κ3) is 5.24. The molecule has 0 atom stereocenters. The van der Waals surface area contributed by atoms with Gasteiger partial charge in [-0.3, -0.25) is 19.3 Å². The Morgan fingerprint density at radius 3 is 2.43 bits per heavy atom. The zero-order valence-electron chi connectivity index (χ0n) is 15.6. The normalized spacial score (nSPS) is 15.0. The molecule has 1 aliphatic heterocycles. The molecular formula is C20H16Br2N2O5S. The first-order valence-corrected chi connectivity index (χ1v) is 11.1. The molecule has 156 valence electrons. The van der Waals surface area contributed by atoms with Crippen LogP contribution in [0.1, 0.15) is 12.5 Å². The van der Waals surface area contributed by atoms with Crippen LogP contribution in [0.5, 0.6) is 11.5 Å². The van der Waals surface area contributed by atoms with Crippen molar-refractivity contribution in [1.82, 2.24) is 4.90 Å². The fourth-order valence-corrected chi connectivity index (χ4v) is 4.66. The summed E-state index contributed by atoms with van der Waals surface area (Å²) in [6.07, 6.45) is 1.53. The van der Waals surface area contributed by atoms with Crippen molar-refractivity contribution in [3.63, 3.8) is 0 Å². The number of amides is 3. The summed E-state index contributed by atoms with van der Waals surface area (Å²) in [5.41, 5.74) is 1.14. The van der Waals surface area contributed by atoms with E-state index >= 15 is 0 Å². The Morgan fingerprint density at radius 1 is 1.20 bits per heavy atom. The number of aromatic hydroxyl groups is 1. The molecule has 0 radical (unpaired) electrons. The molecule has 30 heavy (non-hydrogen) atoms. The van der Waals surface area contributed by atoms with Gasteiger partial charge in [0.25, 0.3) is 11.1 Å². The molecule has 0 aromatic heterocycles. The largest absolute Gasteiger partial charge is 0.506 e. The first kappa shape index (κ1) is 22.4. The minimum Gasteiger partial charge on any atom is -0.506 e. The minimum atomic E-state index is -0.549. The smallest absolute Gasteiger partial charge is 0.294 e. The summed E-state index contributed by atoms with van der Waals surface area (Å²) in [5.74, 6) is -0.324. The van der Waals surface area contributed by atoms with Gasteiger partial charge >= 0.3 is 0 Å². The maximum absolute atomic E-state index is 12.6. The summed E-state index contributed by atoms with van der Waals surface area (Å²) in [7, 11) is 0. The zero-order valence-corrected chi connectivity index (χ0v) is 19.6. The lowest BCUT2D eigenvalue weighted by molar-refractivity contribution is -0.127. The lowest BCUT2D eigenvalue weighted by Crippen LogP contribution is -2.36. The number of halogens is 2. The molecule has 1 fully saturated rings. The number of imide groups is 1. The highest BCUT2D eigenvalue weighted by atomic mass is 79.9. The number of thioether (sulfide) groups is 1. The average molecular weight is 556 g/mol. The van der Waals surface area contributed by atoms with Gasteiger partial charge < -0.3 is 15.2 Å². The van der Waals surface area contributed by atoms with Crippen molar-refractivity contribution in [3.05, 3.63) is 55.8 Å². The molecule has 1 aliphatic rings. The van der Waals surface area contributed by atoms with E-state index in [-0.39, 0.29) is 10.7 Å². The van der Waals surface area contributed by atoms with Gasteiger partial charge in [0.05, 0.1) is 20.5 Å². The maximum Gasteiger partial charge on any atom is 0.294 e. The van der Waals surface area contributed by atoms with Gasteiger partial charge in [-0.2, -0.15) is 0 Å². The highest BCUT2D eigenvalue weighted by Crippen LogP contribution is 2.36. The summed E-state index contributed by atoms with van der Waals surface area (Å²) in [6.45, 7) is 2.02. The second-order valence-corrected chi connectivity index (χ2v) is 8.81. The lowest BCUT2D eigenvalue weighted by atomic mass is 10.2. The molecule has 3 amide bonds. The van der Waals surface area contributed by atoms with Crippen molar-refractivity contribution in [2.45, 2.75) is 6.92 Å². The topological polar surface area (TPSA) is 95.9 Å². The van der Waals surface area contributed by atoms with Gasteiger partial charge in [-0.25, -0.2) is 0 Å². The number of carbonyl (C=O) groups excluding carboxylic acids is 3.